The predicted octanol–water partition coefficient (Wildman–Crippen LogP) is 4.04. The summed E-state index contributed by atoms with van der Waals surface area (Å²) < 4.78 is 1.90. The normalized spacial score (nSPS) is 11.2. The standard InChI is InChI=1S/C17H24N2O/c1-5-6-15-17(20)16(11-12(2)3)19(18-15)14-9-7-13(4)8-10-14/h7-10,12,20H,5-6,11H2,1-4H3. The van der Waals surface area contributed by atoms with Gasteiger partial charge in [-0.25, -0.2) is 4.68 Å². The largest absolute Gasteiger partial charge is 0.504 e. The molecule has 0 saturated heterocycles. The number of aryl methyl sites for hydroxylation is 2. The average Bonchev–Trinajstić information content (AvgIpc) is 2.69. The van der Waals surface area contributed by atoms with E-state index in [2.05, 4.69) is 57.1 Å². The van der Waals surface area contributed by atoms with Gasteiger partial charge in [-0.1, -0.05) is 44.9 Å². The molecule has 0 atom stereocenters. The number of rotatable bonds is 5. The molecule has 108 valence electrons. The van der Waals surface area contributed by atoms with Crippen LogP contribution in [0.4, 0.5) is 0 Å². The molecule has 3 nitrogen and oxygen atoms in total. The first-order valence-electron chi connectivity index (χ1n) is 7.39. The first-order chi connectivity index (χ1) is 9.52. The Morgan fingerprint density at radius 3 is 2.40 bits per heavy atom. The second-order valence-electron chi connectivity index (χ2n) is 5.84. The van der Waals surface area contributed by atoms with Gasteiger partial charge in [-0.2, -0.15) is 5.10 Å². The molecule has 0 aliphatic heterocycles. The van der Waals surface area contributed by atoms with Crippen molar-refractivity contribution < 1.29 is 5.11 Å². The van der Waals surface area contributed by atoms with E-state index in [-0.39, 0.29) is 0 Å². The summed E-state index contributed by atoms with van der Waals surface area (Å²) in [5.41, 5.74) is 3.98. The number of nitrogens with zero attached hydrogens (tertiary/aromatic N) is 2. The van der Waals surface area contributed by atoms with Gasteiger partial charge in [0.1, 0.15) is 5.69 Å². The van der Waals surface area contributed by atoms with Gasteiger partial charge in [-0.05, 0) is 37.8 Å². The summed E-state index contributed by atoms with van der Waals surface area (Å²) in [6, 6.07) is 8.27. The third kappa shape index (κ3) is 3.03. The lowest BCUT2D eigenvalue weighted by Gasteiger charge is -2.10. The molecular formula is C17H24N2O. The van der Waals surface area contributed by atoms with Crippen LogP contribution in [-0.4, -0.2) is 14.9 Å². The van der Waals surface area contributed by atoms with Gasteiger partial charge in [-0.15, -0.1) is 0 Å². The molecule has 1 N–H and O–H groups in total. The Labute approximate surface area is 121 Å². The van der Waals surface area contributed by atoms with Gasteiger partial charge in [0.05, 0.1) is 11.4 Å². The van der Waals surface area contributed by atoms with Gasteiger partial charge in [0.25, 0.3) is 0 Å². The molecule has 1 aromatic heterocycles. The third-order valence-corrected chi connectivity index (χ3v) is 3.39. The number of hydrogen-bond acceptors (Lipinski definition) is 2. The van der Waals surface area contributed by atoms with Crippen LogP contribution < -0.4 is 0 Å². The van der Waals surface area contributed by atoms with Crippen LogP contribution in [0.25, 0.3) is 5.69 Å². The highest BCUT2D eigenvalue weighted by Crippen LogP contribution is 2.28. The molecule has 0 amide bonds. The van der Waals surface area contributed by atoms with Crippen LogP contribution in [0.15, 0.2) is 24.3 Å². The molecule has 3 heteroatoms. The quantitative estimate of drug-likeness (QED) is 0.892. The van der Waals surface area contributed by atoms with E-state index in [1.165, 1.54) is 5.56 Å². The van der Waals surface area contributed by atoms with Crippen LogP contribution >= 0.6 is 0 Å². The average molecular weight is 272 g/mol. The first-order valence-corrected chi connectivity index (χ1v) is 7.39. The zero-order valence-corrected chi connectivity index (χ0v) is 12.8. The van der Waals surface area contributed by atoms with Crippen molar-refractivity contribution in [3.8, 4) is 11.4 Å². The van der Waals surface area contributed by atoms with Crippen molar-refractivity contribution in [1.82, 2.24) is 9.78 Å². The van der Waals surface area contributed by atoms with Gasteiger partial charge in [0.15, 0.2) is 5.75 Å². The van der Waals surface area contributed by atoms with Crippen LogP contribution in [0.1, 0.15) is 44.1 Å². The molecule has 0 radical (unpaired) electrons. The summed E-state index contributed by atoms with van der Waals surface area (Å²) >= 11 is 0. The Balaban J connectivity index is 2.49. The molecule has 20 heavy (non-hydrogen) atoms. The van der Waals surface area contributed by atoms with Crippen molar-refractivity contribution >= 4 is 0 Å². The molecule has 0 bridgehead atoms. The second-order valence-corrected chi connectivity index (χ2v) is 5.84. The van der Waals surface area contributed by atoms with Crippen molar-refractivity contribution in [3.05, 3.63) is 41.2 Å². The highest BCUT2D eigenvalue weighted by atomic mass is 16.3. The molecule has 0 aliphatic carbocycles. The third-order valence-electron chi connectivity index (χ3n) is 3.39. The Hall–Kier alpha value is -1.77. The van der Waals surface area contributed by atoms with Crippen molar-refractivity contribution in [2.24, 2.45) is 5.92 Å². The molecule has 1 heterocycles. The van der Waals surface area contributed by atoms with Crippen LogP contribution in [-0.2, 0) is 12.8 Å². The lowest BCUT2D eigenvalue weighted by molar-refractivity contribution is 0.454. The Kier molecular flexibility index (Phi) is 4.48. The molecular weight excluding hydrogens is 248 g/mol. The minimum absolute atomic E-state index is 0.376. The maximum absolute atomic E-state index is 10.4. The van der Waals surface area contributed by atoms with Gasteiger partial charge in [0.2, 0.25) is 0 Å². The fourth-order valence-corrected chi connectivity index (χ4v) is 2.37. The minimum Gasteiger partial charge on any atom is -0.504 e. The van der Waals surface area contributed by atoms with E-state index in [9.17, 15) is 5.11 Å². The lowest BCUT2D eigenvalue weighted by atomic mass is 10.1. The lowest BCUT2D eigenvalue weighted by Crippen LogP contribution is -2.05. The second kappa shape index (κ2) is 6.12. The van der Waals surface area contributed by atoms with Crippen molar-refractivity contribution in [1.29, 1.82) is 0 Å². The summed E-state index contributed by atoms with van der Waals surface area (Å²) in [5, 5.41) is 15.0. The smallest absolute Gasteiger partial charge is 0.160 e. The first kappa shape index (κ1) is 14.6. The number of aromatic nitrogens is 2. The zero-order valence-electron chi connectivity index (χ0n) is 12.8. The van der Waals surface area contributed by atoms with E-state index < -0.39 is 0 Å². The number of aromatic hydroxyl groups is 1. The summed E-state index contributed by atoms with van der Waals surface area (Å²) in [6.07, 6.45) is 2.63. The molecule has 2 rings (SSSR count). The fourth-order valence-electron chi connectivity index (χ4n) is 2.37. The predicted molar refractivity (Wildman–Crippen MR) is 82.5 cm³/mol. The summed E-state index contributed by atoms with van der Waals surface area (Å²) in [5.74, 6) is 0.859. The van der Waals surface area contributed by atoms with Crippen LogP contribution in [0.5, 0.6) is 5.75 Å². The van der Waals surface area contributed by atoms with E-state index >= 15 is 0 Å². The van der Waals surface area contributed by atoms with Gasteiger partial charge in [0, 0.05) is 0 Å². The van der Waals surface area contributed by atoms with E-state index in [0.29, 0.717) is 11.7 Å². The SMILES string of the molecule is CCCc1nn(-c2ccc(C)cc2)c(CC(C)C)c1O. The Morgan fingerprint density at radius 1 is 1.20 bits per heavy atom. The maximum atomic E-state index is 10.4. The van der Waals surface area contributed by atoms with Crippen LogP contribution in [0, 0.1) is 12.8 Å². The summed E-state index contributed by atoms with van der Waals surface area (Å²) in [4.78, 5) is 0. The van der Waals surface area contributed by atoms with Crippen LogP contribution in [0.3, 0.4) is 0 Å². The Morgan fingerprint density at radius 2 is 1.85 bits per heavy atom. The van der Waals surface area contributed by atoms with Crippen molar-refractivity contribution in [3.63, 3.8) is 0 Å². The topological polar surface area (TPSA) is 38.0 Å². The number of benzene rings is 1. The highest BCUT2D eigenvalue weighted by Gasteiger charge is 2.18. The number of hydrogen-bond donors (Lipinski definition) is 1. The van der Waals surface area contributed by atoms with Crippen molar-refractivity contribution in [2.75, 3.05) is 0 Å². The monoisotopic (exact) mass is 272 g/mol. The summed E-state index contributed by atoms with van der Waals surface area (Å²) in [6.45, 7) is 8.49. The van der Waals surface area contributed by atoms with Crippen molar-refractivity contribution in [2.45, 2.75) is 47.0 Å². The van der Waals surface area contributed by atoms with Gasteiger partial charge in [-0.3, -0.25) is 0 Å². The Bertz CT molecular complexity index is 567. The molecule has 0 saturated carbocycles. The van der Waals surface area contributed by atoms with E-state index in [0.717, 1.165) is 36.3 Å². The van der Waals surface area contributed by atoms with Gasteiger partial charge >= 0.3 is 0 Å². The van der Waals surface area contributed by atoms with Gasteiger partial charge < -0.3 is 5.11 Å². The highest BCUT2D eigenvalue weighted by molar-refractivity contribution is 5.42. The molecule has 0 spiro atoms. The van der Waals surface area contributed by atoms with E-state index in [4.69, 9.17) is 0 Å². The molecule has 1 aromatic carbocycles. The fraction of sp³-hybridized carbons (Fsp3) is 0.471. The molecule has 0 fully saturated rings. The van der Waals surface area contributed by atoms with E-state index in [1.54, 1.807) is 0 Å². The molecule has 0 aliphatic rings. The van der Waals surface area contributed by atoms with E-state index in [1.807, 2.05) is 4.68 Å². The molecule has 2 aromatic rings. The summed E-state index contributed by atoms with van der Waals surface area (Å²) in [7, 11) is 0. The van der Waals surface area contributed by atoms with Crippen LogP contribution in [0.2, 0.25) is 0 Å². The zero-order chi connectivity index (χ0) is 14.7. The maximum Gasteiger partial charge on any atom is 0.160 e. The molecule has 0 unspecified atom stereocenters. The minimum atomic E-state index is 0.376.